The van der Waals surface area contributed by atoms with Crippen LogP contribution in [0.4, 0.5) is 0 Å². The van der Waals surface area contributed by atoms with Crippen LogP contribution in [0.5, 0.6) is 0 Å². The van der Waals surface area contributed by atoms with Crippen LogP contribution in [0.15, 0.2) is 11.6 Å². The van der Waals surface area contributed by atoms with Gasteiger partial charge in [0.15, 0.2) is 0 Å². The molecule has 1 saturated heterocycles. The fourth-order valence-electron chi connectivity index (χ4n) is 6.30. The Morgan fingerprint density at radius 1 is 1.33 bits per heavy atom. The number of aliphatic hydroxyl groups excluding tert-OH is 2. The van der Waals surface area contributed by atoms with E-state index < -0.39 is 24.1 Å². The molecule has 4 aliphatic rings. The summed E-state index contributed by atoms with van der Waals surface area (Å²) in [5.41, 5.74) is -0.147. The van der Waals surface area contributed by atoms with Gasteiger partial charge in [-0.25, -0.2) is 4.79 Å². The molecule has 0 radical (unpaired) electrons. The molecule has 0 amide bonds. The average molecular weight is 380 g/mol. The van der Waals surface area contributed by atoms with E-state index in [0.717, 1.165) is 19.3 Å². The van der Waals surface area contributed by atoms with Crippen LogP contribution >= 0.6 is 0 Å². The van der Waals surface area contributed by atoms with Crippen LogP contribution in [0.25, 0.3) is 0 Å². The van der Waals surface area contributed by atoms with Gasteiger partial charge in [-0.2, -0.15) is 0 Å². The van der Waals surface area contributed by atoms with Crippen molar-refractivity contribution in [2.24, 2.45) is 22.7 Å². The monoisotopic (exact) mass is 380 g/mol. The minimum absolute atomic E-state index is 0.0562. The Morgan fingerprint density at radius 2 is 2.04 bits per heavy atom. The highest BCUT2D eigenvalue weighted by Crippen LogP contribution is 2.68. The third kappa shape index (κ3) is 2.64. The smallest absolute Gasteiger partial charge is 0.336 e. The first-order chi connectivity index (χ1) is 12.7. The van der Waals surface area contributed by atoms with Gasteiger partial charge in [0.05, 0.1) is 12.7 Å². The highest BCUT2D eigenvalue weighted by molar-refractivity contribution is 5.90. The SMILES string of the molecule is CO[C@@H]1C=C(CC[C@@]2(C)[C@H]3C[C@@H](O)[C@@H](O)[C@@]4(CO4)[C@@]3(C)CC[C@@H]2C)C(=O)O1. The first kappa shape index (κ1) is 19.4. The summed E-state index contributed by atoms with van der Waals surface area (Å²) in [6, 6.07) is 0. The average Bonchev–Trinajstić information content (AvgIpc) is 3.37. The van der Waals surface area contributed by atoms with E-state index >= 15 is 0 Å². The summed E-state index contributed by atoms with van der Waals surface area (Å²) >= 11 is 0. The first-order valence-corrected chi connectivity index (χ1v) is 10.1. The number of carbonyl (C=O) groups is 1. The van der Waals surface area contributed by atoms with E-state index in [-0.39, 0.29) is 22.7 Å². The lowest BCUT2D eigenvalue weighted by Crippen LogP contribution is -2.65. The second kappa shape index (κ2) is 6.28. The minimum Gasteiger partial charge on any atom is -0.429 e. The number of carbonyl (C=O) groups excluding carboxylic acids is 1. The van der Waals surface area contributed by atoms with Crippen LogP contribution in [0.3, 0.4) is 0 Å². The first-order valence-electron chi connectivity index (χ1n) is 10.1. The highest BCUT2D eigenvalue weighted by atomic mass is 16.7. The van der Waals surface area contributed by atoms with E-state index in [1.165, 1.54) is 7.11 Å². The Kier molecular flexibility index (Phi) is 4.50. The van der Waals surface area contributed by atoms with Gasteiger partial charge in [-0.05, 0) is 55.4 Å². The standard InChI is InChI=1S/C21H32O6/c1-12-5-8-20(3)15(10-14(22)17(23)21(20)11-26-21)19(12,2)7-6-13-9-16(25-4)27-18(13)24/h9,12,14-17,22-23H,5-8,10-11H2,1-4H3/t12-,14+,15+,16-,17+,19+,20-,21-/m0/s1. The fourth-order valence-corrected chi connectivity index (χ4v) is 6.30. The van der Waals surface area contributed by atoms with Crippen molar-refractivity contribution in [3.8, 4) is 0 Å². The highest BCUT2D eigenvalue weighted by Gasteiger charge is 2.73. The Morgan fingerprint density at radius 3 is 2.63 bits per heavy atom. The molecule has 152 valence electrons. The normalized spacial score (nSPS) is 51.7. The zero-order valence-electron chi connectivity index (χ0n) is 16.7. The topological polar surface area (TPSA) is 88.5 Å². The third-order valence-electron chi connectivity index (χ3n) is 8.52. The van der Waals surface area contributed by atoms with Crippen molar-refractivity contribution in [3.63, 3.8) is 0 Å². The van der Waals surface area contributed by atoms with Crippen LogP contribution in [-0.2, 0) is 19.0 Å². The Labute approximate surface area is 160 Å². The van der Waals surface area contributed by atoms with Crippen molar-refractivity contribution in [3.05, 3.63) is 11.6 Å². The summed E-state index contributed by atoms with van der Waals surface area (Å²) in [4.78, 5) is 12.1. The molecule has 2 heterocycles. The van der Waals surface area contributed by atoms with Crippen LogP contribution in [0.2, 0.25) is 0 Å². The Hall–Kier alpha value is -0.950. The van der Waals surface area contributed by atoms with Gasteiger partial charge in [0.2, 0.25) is 6.29 Å². The van der Waals surface area contributed by atoms with Crippen molar-refractivity contribution in [1.82, 2.24) is 0 Å². The molecule has 0 aromatic rings. The minimum atomic E-state index is -0.814. The number of ether oxygens (including phenoxy) is 3. The summed E-state index contributed by atoms with van der Waals surface area (Å²) in [5.74, 6) is 0.397. The van der Waals surface area contributed by atoms with Crippen LogP contribution in [-0.4, -0.2) is 54.0 Å². The number of esters is 1. The fraction of sp³-hybridized carbons (Fsp3) is 0.857. The zero-order valence-corrected chi connectivity index (χ0v) is 16.7. The number of rotatable bonds is 4. The Bertz CT molecular complexity index is 655. The molecule has 4 rings (SSSR count). The number of hydrogen-bond donors (Lipinski definition) is 2. The van der Waals surface area contributed by atoms with E-state index in [9.17, 15) is 15.0 Å². The number of methoxy groups -OCH3 is 1. The molecule has 2 aliphatic heterocycles. The molecule has 6 nitrogen and oxygen atoms in total. The number of cyclic esters (lactones) is 1. The predicted octanol–water partition coefficient (Wildman–Crippen LogP) is 2.18. The van der Waals surface area contributed by atoms with E-state index in [4.69, 9.17) is 14.2 Å². The number of epoxide rings is 1. The lowest BCUT2D eigenvalue weighted by atomic mass is 9.43. The molecule has 8 atom stereocenters. The molecule has 0 aromatic heterocycles. The van der Waals surface area contributed by atoms with Crippen LogP contribution < -0.4 is 0 Å². The maximum absolute atomic E-state index is 12.1. The van der Waals surface area contributed by atoms with Gasteiger partial charge in [-0.3, -0.25) is 0 Å². The maximum Gasteiger partial charge on any atom is 0.336 e. The second-order valence-electron chi connectivity index (χ2n) is 9.54. The molecular formula is C21H32O6. The van der Waals surface area contributed by atoms with E-state index in [1.807, 2.05) is 0 Å². The lowest BCUT2D eigenvalue weighted by Gasteiger charge is -2.61. The molecule has 2 aliphatic carbocycles. The van der Waals surface area contributed by atoms with Crippen molar-refractivity contribution in [2.75, 3.05) is 13.7 Å². The number of aliphatic hydroxyl groups is 2. The van der Waals surface area contributed by atoms with E-state index in [0.29, 0.717) is 30.9 Å². The van der Waals surface area contributed by atoms with Crippen molar-refractivity contribution in [1.29, 1.82) is 0 Å². The van der Waals surface area contributed by atoms with Gasteiger partial charge in [0.1, 0.15) is 11.7 Å². The molecular weight excluding hydrogens is 348 g/mol. The van der Waals surface area contributed by atoms with Gasteiger partial charge in [-0.1, -0.05) is 20.8 Å². The Balaban J connectivity index is 1.60. The van der Waals surface area contributed by atoms with Gasteiger partial charge in [0.25, 0.3) is 0 Å². The molecule has 0 aromatic carbocycles. The molecule has 0 bridgehead atoms. The molecule has 3 fully saturated rings. The van der Waals surface area contributed by atoms with Gasteiger partial charge in [-0.15, -0.1) is 0 Å². The molecule has 2 saturated carbocycles. The van der Waals surface area contributed by atoms with Gasteiger partial charge >= 0.3 is 5.97 Å². The maximum atomic E-state index is 12.1. The lowest BCUT2D eigenvalue weighted by molar-refractivity contribution is -0.197. The summed E-state index contributed by atoms with van der Waals surface area (Å²) < 4.78 is 16.1. The summed E-state index contributed by atoms with van der Waals surface area (Å²) in [5, 5.41) is 21.2. The summed E-state index contributed by atoms with van der Waals surface area (Å²) in [6.45, 7) is 7.31. The van der Waals surface area contributed by atoms with E-state index in [2.05, 4.69) is 20.8 Å². The molecule has 6 heteroatoms. The van der Waals surface area contributed by atoms with Crippen molar-refractivity contribution in [2.45, 2.75) is 77.0 Å². The summed E-state index contributed by atoms with van der Waals surface area (Å²) in [6.07, 6.45) is 3.72. The van der Waals surface area contributed by atoms with Crippen molar-refractivity contribution >= 4 is 5.97 Å². The molecule has 27 heavy (non-hydrogen) atoms. The second-order valence-corrected chi connectivity index (χ2v) is 9.54. The molecule has 2 N–H and O–H groups in total. The third-order valence-corrected chi connectivity index (χ3v) is 8.52. The summed E-state index contributed by atoms with van der Waals surface area (Å²) in [7, 11) is 1.52. The molecule has 1 spiro atoms. The number of fused-ring (bicyclic) bond motifs is 2. The van der Waals surface area contributed by atoms with Gasteiger partial charge in [0, 0.05) is 18.1 Å². The van der Waals surface area contributed by atoms with Gasteiger partial charge < -0.3 is 24.4 Å². The van der Waals surface area contributed by atoms with E-state index in [1.54, 1.807) is 6.08 Å². The van der Waals surface area contributed by atoms with Crippen molar-refractivity contribution < 1.29 is 29.2 Å². The number of hydrogen-bond acceptors (Lipinski definition) is 6. The van der Waals surface area contributed by atoms with Crippen LogP contribution in [0.1, 0.15) is 52.9 Å². The zero-order chi connectivity index (χ0) is 19.6. The largest absolute Gasteiger partial charge is 0.429 e. The quantitative estimate of drug-likeness (QED) is 0.574. The predicted molar refractivity (Wildman–Crippen MR) is 97.6 cm³/mol. The molecule has 0 unspecified atom stereocenters. The van der Waals surface area contributed by atoms with Crippen LogP contribution in [0, 0.1) is 22.7 Å².